The second-order valence-electron chi connectivity index (χ2n) is 6.18. The van der Waals surface area contributed by atoms with Crippen molar-refractivity contribution in [3.63, 3.8) is 0 Å². The molecule has 1 aliphatic rings. The van der Waals surface area contributed by atoms with Crippen LogP contribution in [0.1, 0.15) is 6.92 Å². The topological polar surface area (TPSA) is 73.7 Å². The standard InChI is InChI=1S/C19H25N3O2S/c1-14(22-7-9-23-10-8-22)13-24-15-3-2-4-16(11-15)25-17-5-6-18(20)19(21)12-17/h2-6,11-12,14H,7-10,13,20-21H2,1H3. The van der Waals surface area contributed by atoms with Gasteiger partial charge in [-0.3, -0.25) is 4.90 Å². The average Bonchev–Trinajstić information content (AvgIpc) is 2.64. The summed E-state index contributed by atoms with van der Waals surface area (Å²) in [5.74, 6) is 0.883. The van der Waals surface area contributed by atoms with Crippen LogP contribution in [0.15, 0.2) is 52.3 Å². The van der Waals surface area contributed by atoms with Gasteiger partial charge in [0.1, 0.15) is 12.4 Å². The predicted octanol–water partition coefficient (Wildman–Crippen LogP) is 3.10. The molecular formula is C19H25N3O2S. The highest BCUT2D eigenvalue weighted by atomic mass is 32.2. The number of hydrogen-bond donors (Lipinski definition) is 2. The van der Waals surface area contributed by atoms with Crippen LogP contribution < -0.4 is 16.2 Å². The molecule has 1 saturated heterocycles. The monoisotopic (exact) mass is 359 g/mol. The van der Waals surface area contributed by atoms with Gasteiger partial charge in [-0.25, -0.2) is 0 Å². The zero-order chi connectivity index (χ0) is 17.6. The fraction of sp³-hybridized carbons (Fsp3) is 0.368. The minimum Gasteiger partial charge on any atom is -0.492 e. The number of nitrogens with two attached hydrogens (primary N) is 2. The Bertz CT molecular complexity index is 705. The molecule has 1 fully saturated rings. The minimum absolute atomic E-state index is 0.372. The van der Waals surface area contributed by atoms with Crippen LogP contribution in [0, 0.1) is 0 Å². The molecule has 134 valence electrons. The lowest BCUT2D eigenvalue weighted by atomic mass is 10.2. The van der Waals surface area contributed by atoms with Gasteiger partial charge in [-0.2, -0.15) is 0 Å². The van der Waals surface area contributed by atoms with Crippen LogP contribution in [0.5, 0.6) is 5.75 Å². The summed E-state index contributed by atoms with van der Waals surface area (Å²) in [5.41, 5.74) is 12.9. The molecule has 1 heterocycles. The second kappa shape index (κ2) is 8.47. The summed E-state index contributed by atoms with van der Waals surface area (Å²) in [6, 6.07) is 14.2. The third-order valence-electron chi connectivity index (χ3n) is 4.26. The van der Waals surface area contributed by atoms with Crippen LogP contribution in [-0.2, 0) is 4.74 Å². The average molecular weight is 359 g/mol. The summed E-state index contributed by atoms with van der Waals surface area (Å²) in [6.45, 7) is 6.42. The van der Waals surface area contributed by atoms with Gasteiger partial charge in [0.15, 0.2) is 0 Å². The largest absolute Gasteiger partial charge is 0.492 e. The van der Waals surface area contributed by atoms with E-state index in [1.807, 2.05) is 30.3 Å². The van der Waals surface area contributed by atoms with Gasteiger partial charge >= 0.3 is 0 Å². The van der Waals surface area contributed by atoms with Gasteiger partial charge in [-0.1, -0.05) is 17.8 Å². The molecule has 3 rings (SSSR count). The molecule has 4 N–H and O–H groups in total. The Morgan fingerprint density at radius 2 is 1.84 bits per heavy atom. The van der Waals surface area contributed by atoms with Crippen LogP contribution in [-0.4, -0.2) is 43.9 Å². The lowest BCUT2D eigenvalue weighted by molar-refractivity contribution is 0.0105. The Balaban J connectivity index is 1.58. The van der Waals surface area contributed by atoms with E-state index in [1.165, 1.54) is 0 Å². The summed E-state index contributed by atoms with van der Waals surface area (Å²) in [7, 11) is 0. The first-order valence-corrected chi connectivity index (χ1v) is 9.31. The minimum atomic E-state index is 0.372. The van der Waals surface area contributed by atoms with Crippen LogP contribution in [0.3, 0.4) is 0 Å². The number of morpholine rings is 1. The fourth-order valence-electron chi connectivity index (χ4n) is 2.72. The molecule has 25 heavy (non-hydrogen) atoms. The van der Waals surface area contributed by atoms with Crippen LogP contribution in [0.25, 0.3) is 0 Å². The Morgan fingerprint density at radius 1 is 1.08 bits per heavy atom. The molecule has 1 atom stereocenters. The first kappa shape index (κ1) is 17.9. The van der Waals surface area contributed by atoms with E-state index in [2.05, 4.69) is 24.0 Å². The normalized spacial score (nSPS) is 16.5. The van der Waals surface area contributed by atoms with Crippen molar-refractivity contribution in [1.29, 1.82) is 0 Å². The van der Waals surface area contributed by atoms with E-state index in [0.29, 0.717) is 24.0 Å². The number of benzene rings is 2. The summed E-state index contributed by atoms with van der Waals surface area (Å²) in [6.07, 6.45) is 0. The highest BCUT2D eigenvalue weighted by molar-refractivity contribution is 7.99. The first-order chi connectivity index (χ1) is 12.1. The van der Waals surface area contributed by atoms with E-state index in [1.54, 1.807) is 11.8 Å². The van der Waals surface area contributed by atoms with Crippen LogP contribution in [0.2, 0.25) is 0 Å². The number of rotatable bonds is 6. The van der Waals surface area contributed by atoms with Gasteiger partial charge in [-0.05, 0) is 43.3 Å². The van der Waals surface area contributed by atoms with Gasteiger partial charge in [-0.15, -0.1) is 0 Å². The van der Waals surface area contributed by atoms with Crippen LogP contribution >= 0.6 is 11.8 Å². The zero-order valence-electron chi connectivity index (χ0n) is 14.5. The van der Waals surface area contributed by atoms with Crippen molar-refractivity contribution < 1.29 is 9.47 Å². The zero-order valence-corrected chi connectivity index (χ0v) is 15.3. The van der Waals surface area contributed by atoms with E-state index in [4.69, 9.17) is 20.9 Å². The number of hydrogen-bond acceptors (Lipinski definition) is 6. The molecule has 0 aliphatic carbocycles. The van der Waals surface area contributed by atoms with Crippen molar-refractivity contribution in [2.24, 2.45) is 0 Å². The number of ether oxygens (including phenoxy) is 2. The van der Waals surface area contributed by atoms with Crippen molar-refractivity contribution in [3.05, 3.63) is 42.5 Å². The molecule has 2 aromatic rings. The molecule has 0 spiro atoms. The molecule has 5 nitrogen and oxygen atoms in total. The maximum Gasteiger partial charge on any atom is 0.120 e. The molecule has 1 unspecified atom stereocenters. The predicted molar refractivity (Wildman–Crippen MR) is 103 cm³/mol. The Morgan fingerprint density at radius 3 is 2.60 bits per heavy atom. The van der Waals surface area contributed by atoms with Gasteiger partial charge < -0.3 is 20.9 Å². The second-order valence-corrected chi connectivity index (χ2v) is 7.32. The van der Waals surface area contributed by atoms with E-state index in [9.17, 15) is 0 Å². The van der Waals surface area contributed by atoms with Crippen LogP contribution in [0.4, 0.5) is 11.4 Å². The van der Waals surface area contributed by atoms with Gasteiger partial charge in [0.05, 0.1) is 24.6 Å². The smallest absolute Gasteiger partial charge is 0.120 e. The van der Waals surface area contributed by atoms with E-state index >= 15 is 0 Å². The Labute approximate surface area is 153 Å². The summed E-state index contributed by atoms with van der Waals surface area (Å²) in [5, 5.41) is 0. The SMILES string of the molecule is CC(COc1cccc(Sc2ccc(N)c(N)c2)c1)N1CCOCC1. The lowest BCUT2D eigenvalue weighted by Crippen LogP contribution is -2.44. The van der Waals surface area contributed by atoms with Gasteiger partial charge in [0, 0.05) is 28.9 Å². The highest BCUT2D eigenvalue weighted by Gasteiger charge is 2.17. The first-order valence-electron chi connectivity index (χ1n) is 8.49. The number of nitrogen functional groups attached to an aromatic ring is 2. The van der Waals surface area contributed by atoms with E-state index in [-0.39, 0.29) is 0 Å². The number of nitrogens with zero attached hydrogens (tertiary/aromatic N) is 1. The molecule has 6 heteroatoms. The highest BCUT2D eigenvalue weighted by Crippen LogP contribution is 2.32. The summed E-state index contributed by atoms with van der Waals surface area (Å²) in [4.78, 5) is 4.57. The van der Waals surface area contributed by atoms with E-state index in [0.717, 1.165) is 41.8 Å². The molecule has 1 aliphatic heterocycles. The van der Waals surface area contributed by atoms with Crippen molar-refractivity contribution >= 4 is 23.1 Å². The van der Waals surface area contributed by atoms with Crippen molar-refractivity contribution in [2.45, 2.75) is 22.8 Å². The molecule has 0 bridgehead atoms. The van der Waals surface area contributed by atoms with Crippen molar-refractivity contribution in [1.82, 2.24) is 4.90 Å². The van der Waals surface area contributed by atoms with Gasteiger partial charge in [0.2, 0.25) is 0 Å². The van der Waals surface area contributed by atoms with Crippen molar-refractivity contribution in [3.8, 4) is 5.75 Å². The number of anilines is 2. The maximum atomic E-state index is 6.00. The Hall–Kier alpha value is -1.89. The quantitative estimate of drug-likeness (QED) is 0.772. The molecule has 2 aromatic carbocycles. The fourth-order valence-corrected chi connectivity index (χ4v) is 3.64. The summed E-state index contributed by atoms with van der Waals surface area (Å²) >= 11 is 1.64. The Kier molecular flexibility index (Phi) is 6.07. The van der Waals surface area contributed by atoms with Gasteiger partial charge in [0.25, 0.3) is 0 Å². The third kappa shape index (κ3) is 5.04. The molecule has 0 aromatic heterocycles. The lowest BCUT2D eigenvalue weighted by Gasteiger charge is -2.32. The molecule has 0 saturated carbocycles. The molecular weight excluding hydrogens is 334 g/mol. The third-order valence-corrected chi connectivity index (χ3v) is 5.24. The van der Waals surface area contributed by atoms with E-state index < -0.39 is 0 Å². The molecule has 0 amide bonds. The molecule has 0 radical (unpaired) electrons. The van der Waals surface area contributed by atoms with Crippen molar-refractivity contribution in [2.75, 3.05) is 44.4 Å². The summed E-state index contributed by atoms with van der Waals surface area (Å²) < 4.78 is 11.4. The maximum absolute atomic E-state index is 6.00.